The van der Waals surface area contributed by atoms with Gasteiger partial charge in [0.2, 0.25) is 5.89 Å². The van der Waals surface area contributed by atoms with Gasteiger partial charge in [-0.2, -0.15) is 0 Å². The normalized spacial score (nSPS) is 11.6. The van der Waals surface area contributed by atoms with Crippen LogP contribution in [-0.4, -0.2) is 25.2 Å². The van der Waals surface area contributed by atoms with Crippen LogP contribution in [0.3, 0.4) is 0 Å². The van der Waals surface area contributed by atoms with Crippen molar-refractivity contribution in [1.82, 2.24) is 10.2 Å². The number of benzene rings is 2. The molecule has 0 unspecified atom stereocenters. The smallest absolute Gasteiger partial charge is 0.330 e. The van der Waals surface area contributed by atoms with Crippen LogP contribution in [0.1, 0.15) is 32.3 Å². The van der Waals surface area contributed by atoms with Crippen LogP contribution >= 0.6 is 0 Å². The summed E-state index contributed by atoms with van der Waals surface area (Å²) in [6.45, 7) is 6.48. The number of nitrogens with one attached hydrogen (secondary N) is 1. The zero-order valence-corrected chi connectivity index (χ0v) is 16.2. The van der Waals surface area contributed by atoms with E-state index in [1.807, 2.05) is 26.8 Å². The Morgan fingerprint density at radius 1 is 1.11 bits per heavy atom. The van der Waals surface area contributed by atoms with E-state index in [1.165, 1.54) is 6.07 Å². The van der Waals surface area contributed by atoms with E-state index in [0.717, 1.165) is 11.3 Å². The number of ether oxygens (including phenoxy) is 1. The number of sulfonamides is 1. The highest BCUT2D eigenvalue weighted by atomic mass is 32.2. The molecule has 0 aliphatic rings. The van der Waals surface area contributed by atoms with E-state index >= 15 is 0 Å². The third kappa shape index (κ3) is 4.46. The Morgan fingerprint density at radius 2 is 1.85 bits per heavy atom. The highest BCUT2D eigenvalue weighted by Crippen LogP contribution is 2.25. The van der Waals surface area contributed by atoms with E-state index in [4.69, 9.17) is 9.15 Å². The molecule has 0 radical (unpaired) electrons. The first-order chi connectivity index (χ1) is 12.9. The minimum absolute atomic E-state index is 0.148. The van der Waals surface area contributed by atoms with Crippen LogP contribution in [0.2, 0.25) is 0 Å². The highest BCUT2D eigenvalue weighted by molar-refractivity contribution is 7.92. The molecule has 8 heteroatoms. The maximum Gasteiger partial charge on any atom is 0.330 e. The molecule has 0 fully saturated rings. The van der Waals surface area contributed by atoms with E-state index in [1.54, 1.807) is 36.4 Å². The van der Waals surface area contributed by atoms with E-state index in [2.05, 4.69) is 14.9 Å². The van der Waals surface area contributed by atoms with Gasteiger partial charge in [-0.3, -0.25) is 0 Å². The van der Waals surface area contributed by atoms with Gasteiger partial charge in [0.1, 0.15) is 5.75 Å². The minimum Gasteiger partial charge on any atom is -0.494 e. The first kappa shape index (κ1) is 18.9. The Labute approximate surface area is 158 Å². The standard InChI is InChI=1S/C19H21N3O4S/c1-4-25-16-10-8-14(9-11-16)18-20-21-19(26-18)22-27(23,24)17-7-5-6-15(12-17)13(2)3/h5-13H,4H2,1-3H3,(H,21,22). The molecule has 0 saturated heterocycles. The van der Waals surface area contributed by atoms with Crippen LogP contribution in [0.4, 0.5) is 6.01 Å². The zero-order chi connectivity index (χ0) is 19.4. The summed E-state index contributed by atoms with van der Waals surface area (Å²) in [5.41, 5.74) is 1.59. The van der Waals surface area contributed by atoms with Crippen LogP contribution in [-0.2, 0) is 10.0 Å². The Hall–Kier alpha value is -2.87. The molecule has 0 saturated carbocycles. The number of hydrogen-bond donors (Lipinski definition) is 1. The molecule has 1 aromatic heterocycles. The van der Waals surface area contributed by atoms with Crippen molar-refractivity contribution in [1.29, 1.82) is 0 Å². The topological polar surface area (TPSA) is 94.3 Å². The largest absolute Gasteiger partial charge is 0.494 e. The van der Waals surface area contributed by atoms with Crippen molar-refractivity contribution in [2.75, 3.05) is 11.3 Å². The van der Waals surface area contributed by atoms with Gasteiger partial charge < -0.3 is 9.15 Å². The van der Waals surface area contributed by atoms with Crippen molar-refractivity contribution in [3.63, 3.8) is 0 Å². The van der Waals surface area contributed by atoms with Crippen molar-refractivity contribution in [2.24, 2.45) is 0 Å². The second-order valence-electron chi connectivity index (χ2n) is 6.20. The van der Waals surface area contributed by atoms with Crippen molar-refractivity contribution in [3.05, 3.63) is 54.1 Å². The summed E-state index contributed by atoms with van der Waals surface area (Å²) in [6.07, 6.45) is 0. The Kier molecular flexibility index (Phi) is 5.46. The fourth-order valence-corrected chi connectivity index (χ4v) is 3.44. The molecule has 7 nitrogen and oxygen atoms in total. The van der Waals surface area contributed by atoms with Gasteiger partial charge in [0.05, 0.1) is 11.5 Å². The molecule has 142 valence electrons. The van der Waals surface area contributed by atoms with Crippen molar-refractivity contribution >= 4 is 16.0 Å². The quantitative estimate of drug-likeness (QED) is 0.657. The lowest BCUT2D eigenvalue weighted by atomic mass is 10.0. The fourth-order valence-electron chi connectivity index (χ4n) is 2.46. The van der Waals surface area contributed by atoms with Gasteiger partial charge in [0, 0.05) is 5.56 Å². The van der Waals surface area contributed by atoms with E-state index in [9.17, 15) is 8.42 Å². The Balaban J connectivity index is 1.79. The summed E-state index contributed by atoms with van der Waals surface area (Å²) in [7, 11) is -3.82. The molecule has 1 heterocycles. The average Bonchev–Trinajstić information content (AvgIpc) is 3.10. The highest BCUT2D eigenvalue weighted by Gasteiger charge is 2.19. The summed E-state index contributed by atoms with van der Waals surface area (Å²) >= 11 is 0. The van der Waals surface area contributed by atoms with Gasteiger partial charge in [-0.05, 0) is 54.8 Å². The average molecular weight is 387 g/mol. The molecule has 0 bridgehead atoms. The summed E-state index contributed by atoms with van der Waals surface area (Å²) in [4.78, 5) is 0.148. The van der Waals surface area contributed by atoms with Crippen molar-refractivity contribution in [3.8, 4) is 17.2 Å². The first-order valence-corrected chi connectivity index (χ1v) is 10.1. The molecule has 0 aliphatic heterocycles. The lowest BCUT2D eigenvalue weighted by Crippen LogP contribution is -2.13. The third-order valence-electron chi connectivity index (χ3n) is 3.89. The first-order valence-electron chi connectivity index (χ1n) is 8.58. The number of rotatable bonds is 7. The Bertz CT molecular complexity index is 1010. The monoisotopic (exact) mass is 387 g/mol. The molecular formula is C19H21N3O4S. The fraction of sp³-hybridized carbons (Fsp3) is 0.263. The summed E-state index contributed by atoms with van der Waals surface area (Å²) in [6, 6.07) is 13.7. The van der Waals surface area contributed by atoms with Gasteiger partial charge in [0.15, 0.2) is 0 Å². The van der Waals surface area contributed by atoms with Crippen LogP contribution < -0.4 is 9.46 Å². The van der Waals surface area contributed by atoms with Crippen LogP contribution in [0, 0.1) is 0 Å². The second-order valence-corrected chi connectivity index (χ2v) is 7.88. The van der Waals surface area contributed by atoms with Gasteiger partial charge >= 0.3 is 6.01 Å². The molecule has 3 aromatic rings. The van der Waals surface area contributed by atoms with E-state index < -0.39 is 10.0 Å². The van der Waals surface area contributed by atoms with Gasteiger partial charge in [-0.25, -0.2) is 13.1 Å². The molecule has 2 aromatic carbocycles. The number of anilines is 1. The molecule has 0 spiro atoms. The third-order valence-corrected chi connectivity index (χ3v) is 5.21. The van der Waals surface area contributed by atoms with Gasteiger partial charge in [-0.15, -0.1) is 5.10 Å². The molecule has 27 heavy (non-hydrogen) atoms. The molecule has 1 N–H and O–H groups in total. The van der Waals surface area contributed by atoms with Gasteiger partial charge in [-0.1, -0.05) is 31.1 Å². The molecule has 0 amide bonds. The molecule has 0 aliphatic carbocycles. The number of aromatic nitrogens is 2. The number of hydrogen-bond acceptors (Lipinski definition) is 6. The predicted octanol–water partition coefficient (Wildman–Crippen LogP) is 4.06. The van der Waals surface area contributed by atoms with Gasteiger partial charge in [0.25, 0.3) is 10.0 Å². The van der Waals surface area contributed by atoms with Crippen LogP contribution in [0.25, 0.3) is 11.5 Å². The number of nitrogens with zero attached hydrogens (tertiary/aromatic N) is 2. The summed E-state index contributed by atoms with van der Waals surface area (Å²) in [5.74, 6) is 1.16. The van der Waals surface area contributed by atoms with E-state index in [-0.39, 0.29) is 22.7 Å². The lowest BCUT2D eigenvalue weighted by molar-refractivity contribution is 0.340. The van der Waals surface area contributed by atoms with Crippen molar-refractivity contribution < 1.29 is 17.6 Å². The second kappa shape index (κ2) is 7.79. The molecule has 0 atom stereocenters. The Morgan fingerprint density at radius 3 is 2.52 bits per heavy atom. The maximum absolute atomic E-state index is 12.6. The minimum atomic E-state index is -3.82. The SMILES string of the molecule is CCOc1ccc(-c2nnc(NS(=O)(=O)c3cccc(C(C)C)c3)o2)cc1. The van der Waals surface area contributed by atoms with Crippen LogP contribution in [0.15, 0.2) is 57.8 Å². The van der Waals surface area contributed by atoms with Crippen LogP contribution in [0.5, 0.6) is 5.75 Å². The maximum atomic E-state index is 12.6. The molecule has 3 rings (SSSR count). The van der Waals surface area contributed by atoms with E-state index in [0.29, 0.717) is 12.2 Å². The van der Waals surface area contributed by atoms with Crippen molar-refractivity contribution in [2.45, 2.75) is 31.6 Å². The predicted molar refractivity (Wildman–Crippen MR) is 102 cm³/mol. The molecular weight excluding hydrogens is 366 g/mol. The lowest BCUT2D eigenvalue weighted by Gasteiger charge is -2.08. The summed E-state index contributed by atoms with van der Waals surface area (Å²) < 4.78 is 38.3. The summed E-state index contributed by atoms with van der Waals surface area (Å²) in [5, 5.41) is 7.68. The zero-order valence-electron chi connectivity index (χ0n) is 15.3.